The fraction of sp³-hybridized carbons (Fsp3) is 0.500. The normalized spacial score (nSPS) is 21.8. The molecule has 7 N–H and O–H groups in total. The predicted octanol–water partition coefficient (Wildman–Crippen LogP) is 1.78. The number of rotatable bonds is 7. The molecule has 0 bridgehead atoms. The second-order valence-electron chi connectivity index (χ2n) is 8.66. The molecule has 180 valence electrons. The van der Waals surface area contributed by atoms with Crippen molar-refractivity contribution in [2.24, 2.45) is 17.4 Å². The Balaban J connectivity index is 0.00000306. The lowest BCUT2D eigenvalue weighted by molar-refractivity contribution is -0.125. The number of carbonyl (C=O) groups is 1. The highest BCUT2D eigenvalue weighted by atomic mass is 35.5. The molecule has 1 aromatic carbocycles. The van der Waals surface area contributed by atoms with E-state index in [1.54, 1.807) is 0 Å². The lowest BCUT2D eigenvalue weighted by atomic mass is 9.90. The second kappa shape index (κ2) is 10.4. The molecule has 1 amide bonds. The van der Waals surface area contributed by atoms with E-state index in [1.165, 1.54) is 4.57 Å². The standard InChI is InChI=1S/C22H29ClN6O3.ClH/c1-11-15(10-30)17-18(23)28-20(27-14-3-2-4-14)22(32)29(17)16(11)21(31)26-9-12-5-7-13(8-6-12)19(24)25;/h5-8,11,14-16,19,30H,2-4,9-10,24-25H2,1H3,(H,26,31)(H,27,28);1H/t11?,15-,16+;/m1./s1. The molecule has 1 saturated carbocycles. The van der Waals surface area contributed by atoms with Crippen LogP contribution >= 0.6 is 24.0 Å². The van der Waals surface area contributed by atoms with Crippen LogP contribution in [0.15, 0.2) is 29.1 Å². The van der Waals surface area contributed by atoms with E-state index < -0.39 is 18.1 Å². The average Bonchev–Trinajstić information content (AvgIpc) is 3.05. The van der Waals surface area contributed by atoms with Crippen molar-refractivity contribution in [3.63, 3.8) is 0 Å². The number of anilines is 1. The number of hydrogen-bond acceptors (Lipinski definition) is 7. The van der Waals surface area contributed by atoms with Crippen LogP contribution < -0.4 is 27.7 Å². The zero-order valence-electron chi connectivity index (χ0n) is 18.3. The van der Waals surface area contributed by atoms with Gasteiger partial charge in [0, 0.05) is 18.5 Å². The number of nitrogens with zero attached hydrogens (tertiary/aromatic N) is 2. The fourth-order valence-electron chi connectivity index (χ4n) is 4.44. The van der Waals surface area contributed by atoms with Crippen molar-refractivity contribution in [3.05, 3.63) is 56.6 Å². The molecule has 1 fully saturated rings. The molecular formula is C22H30Cl2N6O3. The number of halogens is 2. The zero-order chi connectivity index (χ0) is 23.0. The summed E-state index contributed by atoms with van der Waals surface area (Å²) >= 11 is 6.44. The summed E-state index contributed by atoms with van der Waals surface area (Å²) in [6, 6.07) is 6.71. The van der Waals surface area contributed by atoms with E-state index in [1.807, 2.05) is 31.2 Å². The smallest absolute Gasteiger partial charge is 0.294 e. The third kappa shape index (κ3) is 4.88. The first-order valence-corrected chi connectivity index (χ1v) is 11.3. The minimum atomic E-state index is -0.797. The number of hydrogen-bond donors (Lipinski definition) is 5. The summed E-state index contributed by atoms with van der Waals surface area (Å²) in [5.41, 5.74) is 13.0. The number of nitrogens with two attached hydrogens (primary N) is 2. The van der Waals surface area contributed by atoms with Crippen LogP contribution in [-0.4, -0.2) is 33.2 Å². The van der Waals surface area contributed by atoms with Crippen molar-refractivity contribution in [1.29, 1.82) is 0 Å². The van der Waals surface area contributed by atoms with E-state index in [-0.39, 0.29) is 60.0 Å². The molecule has 9 nitrogen and oxygen atoms in total. The van der Waals surface area contributed by atoms with Crippen molar-refractivity contribution in [3.8, 4) is 0 Å². The summed E-state index contributed by atoms with van der Waals surface area (Å²) in [5, 5.41) is 16.2. The van der Waals surface area contributed by atoms with Gasteiger partial charge in [-0.3, -0.25) is 14.2 Å². The van der Waals surface area contributed by atoms with Gasteiger partial charge in [0.05, 0.1) is 18.5 Å². The summed E-state index contributed by atoms with van der Waals surface area (Å²) in [4.78, 5) is 30.8. The Morgan fingerprint density at radius 3 is 2.52 bits per heavy atom. The van der Waals surface area contributed by atoms with Gasteiger partial charge in [-0.1, -0.05) is 42.8 Å². The number of aliphatic hydroxyl groups excluding tert-OH is 1. The number of aliphatic hydroxyl groups is 1. The first-order valence-electron chi connectivity index (χ1n) is 10.9. The monoisotopic (exact) mass is 496 g/mol. The minimum absolute atomic E-state index is 0. The topological polar surface area (TPSA) is 148 Å². The first-order chi connectivity index (χ1) is 15.3. The van der Waals surface area contributed by atoms with Gasteiger partial charge < -0.3 is 27.2 Å². The molecule has 11 heteroatoms. The summed E-state index contributed by atoms with van der Waals surface area (Å²) in [6.45, 7) is 1.88. The van der Waals surface area contributed by atoms with Gasteiger partial charge in [-0.2, -0.15) is 0 Å². The Morgan fingerprint density at radius 1 is 1.30 bits per heavy atom. The van der Waals surface area contributed by atoms with Crippen LogP contribution in [0.2, 0.25) is 5.15 Å². The van der Waals surface area contributed by atoms with Crippen LogP contribution in [0.5, 0.6) is 0 Å². The first kappa shape index (κ1) is 25.5. The summed E-state index contributed by atoms with van der Waals surface area (Å²) in [5.74, 6) is -0.945. The number of carbonyl (C=O) groups excluding carboxylic acids is 1. The highest BCUT2D eigenvalue weighted by Gasteiger charge is 2.44. The van der Waals surface area contributed by atoms with Crippen LogP contribution in [0.25, 0.3) is 0 Å². The van der Waals surface area contributed by atoms with Crippen molar-refractivity contribution in [2.45, 2.75) is 56.9 Å². The van der Waals surface area contributed by atoms with E-state index in [0.717, 1.165) is 30.4 Å². The maximum atomic E-state index is 13.3. The Bertz CT molecular complexity index is 1060. The predicted molar refractivity (Wildman–Crippen MR) is 129 cm³/mol. The Labute approximate surface area is 203 Å². The van der Waals surface area contributed by atoms with Crippen LogP contribution in [0.4, 0.5) is 5.82 Å². The van der Waals surface area contributed by atoms with Gasteiger partial charge in [-0.25, -0.2) is 4.98 Å². The number of aromatic nitrogens is 2. The summed E-state index contributed by atoms with van der Waals surface area (Å²) < 4.78 is 1.41. The van der Waals surface area contributed by atoms with E-state index in [9.17, 15) is 14.7 Å². The van der Waals surface area contributed by atoms with Crippen molar-refractivity contribution in [2.75, 3.05) is 11.9 Å². The van der Waals surface area contributed by atoms with E-state index in [4.69, 9.17) is 23.1 Å². The largest absolute Gasteiger partial charge is 0.396 e. The highest BCUT2D eigenvalue weighted by molar-refractivity contribution is 6.30. The van der Waals surface area contributed by atoms with Crippen LogP contribution in [0.1, 0.15) is 61.1 Å². The zero-order valence-corrected chi connectivity index (χ0v) is 19.9. The fourth-order valence-corrected chi connectivity index (χ4v) is 4.75. The van der Waals surface area contributed by atoms with Crippen molar-refractivity contribution >= 4 is 35.7 Å². The molecule has 1 unspecified atom stereocenters. The second-order valence-corrected chi connectivity index (χ2v) is 9.02. The lowest BCUT2D eigenvalue weighted by Crippen LogP contribution is -2.39. The average molecular weight is 497 g/mol. The molecule has 2 heterocycles. The molecule has 0 radical (unpaired) electrons. The van der Waals surface area contributed by atoms with Gasteiger partial charge >= 0.3 is 0 Å². The minimum Gasteiger partial charge on any atom is -0.396 e. The molecule has 0 spiro atoms. The SMILES string of the molecule is CC1[C@@H](C(=O)NCc2ccc(C(N)N)cc2)n2c(c(Cl)nc(NC3CCC3)c2=O)[C@@H]1CO.Cl. The van der Waals surface area contributed by atoms with Gasteiger partial charge in [-0.05, 0) is 36.3 Å². The number of benzene rings is 1. The Morgan fingerprint density at radius 2 is 1.97 bits per heavy atom. The quantitative estimate of drug-likeness (QED) is 0.366. The molecule has 0 saturated heterocycles. The van der Waals surface area contributed by atoms with Crippen molar-refractivity contribution in [1.82, 2.24) is 14.9 Å². The van der Waals surface area contributed by atoms with E-state index >= 15 is 0 Å². The third-order valence-electron chi connectivity index (χ3n) is 6.61. The van der Waals surface area contributed by atoms with Crippen molar-refractivity contribution < 1.29 is 9.90 Å². The molecule has 2 aliphatic rings. The molecule has 4 rings (SSSR count). The summed E-state index contributed by atoms with van der Waals surface area (Å²) in [6.07, 6.45) is 2.48. The van der Waals surface area contributed by atoms with Crippen LogP contribution in [-0.2, 0) is 11.3 Å². The Hall–Kier alpha value is -2.17. The molecule has 1 aliphatic heterocycles. The van der Waals surface area contributed by atoms with Gasteiger partial charge in [0.2, 0.25) is 5.91 Å². The summed E-state index contributed by atoms with van der Waals surface area (Å²) in [7, 11) is 0. The maximum Gasteiger partial charge on any atom is 0.294 e. The molecule has 3 atom stereocenters. The van der Waals surface area contributed by atoms with E-state index in [0.29, 0.717) is 5.69 Å². The van der Waals surface area contributed by atoms with E-state index in [2.05, 4.69) is 15.6 Å². The molecule has 1 aromatic heterocycles. The number of fused-ring (bicyclic) bond motifs is 1. The van der Waals surface area contributed by atoms with Gasteiger partial charge in [-0.15, -0.1) is 12.4 Å². The molecule has 1 aliphatic carbocycles. The van der Waals surface area contributed by atoms with Crippen LogP contribution in [0, 0.1) is 5.92 Å². The Kier molecular flexibility index (Phi) is 8.02. The molecule has 2 aromatic rings. The third-order valence-corrected chi connectivity index (χ3v) is 6.89. The van der Waals surface area contributed by atoms with Gasteiger partial charge in [0.15, 0.2) is 11.0 Å². The van der Waals surface area contributed by atoms with Gasteiger partial charge in [0.1, 0.15) is 6.04 Å². The molecule has 33 heavy (non-hydrogen) atoms. The van der Waals surface area contributed by atoms with Crippen LogP contribution in [0.3, 0.4) is 0 Å². The maximum absolute atomic E-state index is 13.3. The lowest BCUT2D eigenvalue weighted by Gasteiger charge is -2.27. The highest BCUT2D eigenvalue weighted by Crippen LogP contribution is 2.43. The molecular weight excluding hydrogens is 467 g/mol. The number of nitrogens with one attached hydrogen (secondary N) is 2. The number of amides is 1. The van der Waals surface area contributed by atoms with Gasteiger partial charge in [0.25, 0.3) is 5.56 Å².